The van der Waals surface area contributed by atoms with E-state index in [-0.39, 0.29) is 21.5 Å². The average molecular weight is 302 g/mol. The number of hydrogen-bond donors (Lipinski definition) is 2. The third-order valence-electron chi connectivity index (χ3n) is 2.58. The molecule has 6 nitrogen and oxygen atoms in total. The second kappa shape index (κ2) is 4.75. The number of anilines is 1. The van der Waals surface area contributed by atoms with Crippen molar-refractivity contribution in [1.82, 2.24) is 9.78 Å². The highest BCUT2D eigenvalue weighted by atomic mass is 35.5. The summed E-state index contributed by atoms with van der Waals surface area (Å²) < 4.78 is 28.0. The average Bonchev–Trinajstić information content (AvgIpc) is 2.64. The Balaban J connectivity index is 2.49. The van der Waals surface area contributed by atoms with Gasteiger partial charge in [-0.05, 0) is 18.6 Å². The van der Waals surface area contributed by atoms with Crippen LogP contribution in [-0.4, -0.2) is 23.3 Å². The maximum absolute atomic E-state index is 12.2. The Labute approximate surface area is 115 Å². The summed E-state index contributed by atoms with van der Waals surface area (Å²) in [5.74, 6) is -0.151. The lowest BCUT2D eigenvalue weighted by molar-refractivity contribution is 0.477. The number of rotatable bonds is 3. The molecule has 102 valence electrons. The van der Waals surface area contributed by atoms with Crippen LogP contribution in [0.2, 0.25) is 5.02 Å². The van der Waals surface area contributed by atoms with E-state index in [0.717, 1.165) is 4.68 Å². The van der Waals surface area contributed by atoms with Gasteiger partial charge in [0.15, 0.2) is 5.03 Å². The van der Waals surface area contributed by atoms with Gasteiger partial charge in [-0.2, -0.15) is 13.5 Å². The largest absolute Gasteiger partial charge is 0.506 e. The molecule has 0 saturated carbocycles. The van der Waals surface area contributed by atoms with Crippen molar-refractivity contribution in [1.29, 1.82) is 0 Å². The SMILES string of the molecule is Cc1cccc(O)c1NS(=O)(=O)c1c(Cl)cnn1C. The summed E-state index contributed by atoms with van der Waals surface area (Å²) in [6.45, 7) is 1.68. The van der Waals surface area contributed by atoms with Crippen LogP contribution in [0.3, 0.4) is 0 Å². The number of nitrogens with one attached hydrogen (secondary N) is 1. The summed E-state index contributed by atoms with van der Waals surface area (Å²) in [6.07, 6.45) is 1.24. The van der Waals surface area contributed by atoms with Gasteiger partial charge in [0, 0.05) is 7.05 Å². The molecule has 0 radical (unpaired) electrons. The quantitative estimate of drug-likeness (QED) is 0.848. The van der Waals surface area contributed by atoms with E-state index in [9.17, 15) is 13.5 Å². The minimum Gasteiger partial charge on any atom is -0.506 e. The maximum Gasteiger partial charge on any atom is 0.280 e. The lowest BCUT2D eigenvalue weighted by Crippen LogP contribution is -2.17. The summed E-state index contributed by atoms with van der Waals surface area (Å²) in [6, 6.07) is 4.71. The van der Waals surface area contributed by atoms with Crippen LogP contribution in [0.25, 0.3) is 0 Å². The summed E-state index contributed by atoms with van der Waals surface area (Å²) in [7, 11) is -2.45. The van der Waals surface area contributed by atoms with Crippen LogP contribution in [0, 0.1) is 6.92 Å². The van der Waals surface area contributed by atoms with Gasteiger partial charge in [0.1, 0.15) is 5.75 Å². The summed E-state index contributed by atoms with van der Waals surface area (Å²) in [4.78, 5) is 0. The lowest BCUT2D eigenvalue weighted by atomic mass is 10.2. The predicted octanol–water partition coefficient (Wildman–Crippen LogP) is 1.89. The van der Waals surface area contributed by atoms with Gasteiger partial charge < -0.3 is 5.11 Å². The molecule has 1 aromatic carbocycles. The fraction of sp³-hybridized carbons (Fsp3) is 0.182. The van der Waals surface area contributed by atoms with E-state index >= 15 is 0 Å². The van der Waals surface area contributed by atoms with Crippen molar-refractivity contribution in [2.75, 3.05) is 4.72 Å². The van der Waals surface area contributed by atoms with Crippen LogP contribution in [-0.2, 0) is 17.1 Å². The number of nitrogens with zero attached hydrogens (tertiary/aromatic N) is 2. The predicted molar refractivity (Wildman–Crippen MR) is 71.9 cm³/mol. The molecule has 0 aliphatic heterocycles. The fourth-order valence-corrected chi connectivity index (χ4v) is 3.48. The molecule has 2 rings (SSSR count). The number of phenols is 1. The Morgan fingerprint density at radius 2 is 2.11 bits per heavy atom. The maximum atomic E-state index is 12.2. The van der Waals surface area contributed by atoms with Crippen LogP contribution in [0.4, 0.5) is 5.69 Å². The number of aromatic nitrogens is 2. The van der Waals surface area contributed by atoms with Gasteiger partial charge in [0.2, 0.25) is 0 Å². The van der Waals surface area contributed by atoms with Gasteiger partial charge in [0.05, 0.1) is 16.9 Å². The van der Waals surface area contributed by atoms with Crippen LogP contribution < -0.4 is 4.72 Å². The van der Waals surface area contributed by atoms with Gasteiger partial charge in [-0.1, -0.05) is 23.7 Å². The zero-order chi connectivity index (χ0) is 14.2. The molecule has 0 aliphatic carbocycles. The van der Waals surface area contributed by atoms with E-state index in [2.05, 4.69) is 9.82 Å². The van der Waals surface area contributed by atoms with Crippen molar-refractivity contribution >= 4 is 27.3 Å². The third-order valence-corrected chi connectivity index (χ3v) is 4.44. The van der Waals surface area contributed by atoms with Crippen LogP contribution in [0.15, 0.2) is 29.4 Å². The first-order valence-corrected chi connectivity index (χ1v) is 7.18. The molecular formula is C11H12ClN3O3S. The topological polar surface area (TPSA) is 84.2 Å². The number of hydrogen-bond acceptors (Lipinski definition) is 4. The number of sulfonamides is 1. The van der Waals surface area contributed by atoms with E-state index in [4.69, 9.17) is 11.6 Å². The van der Waals surface area contributed by atoms with E-state index in [1.54, 1.807) is 19.1 Å². The molecule has 8 heteroatoms. The minimum absolute atomic E-state index is 0.0167. The Hall–Kier alpha value is -1.73. The second-order valence-electron chi connectivity index (χ2n) is 4.00. The van der Waals surface area contributed by atoms with Gasteiger partial charge in [-0.3, -0.25) is 9.40 Å². The van der Waals surface area contributed by atoms with Crippen molar-refractivity contribution < 1.29 is 13.5 Å². The van der Waals surface area contributed by atoms with Crippen LogP contribution >= 0.6 is 11.6 Å². The highest BCUT2D eigenvalue weighted by Crippen LogP contribution is 2.30. The zero-order valence-corrected chi connectivity index (χ0v) is 11.8. The number of aryl methyl sites for hydroxylation is 2. The summed E-state index contributed by atoms with van der Waals surface area (Å²) >= 11 is 5.81. The zero-order valence-electron chi connectivity index (χ0n) is 10.3. The molecular weight excluding hydrogens is 290 g/mol. The molecule has 2 aromatic rings. The van der Waals surface area contributed by atoms with Gasteiger partial charge in [0.25, 0.3) is 10.0 Å². The Kier molecular flexibility index (Phi) is 3.42. The van der Waals surface area contributed by atoms with Crippen molar-refractivity contribution in [3.63, 3.8) is 0 Å². The first kappa shape index (κ1) is 13.7. The first-order chi connectivity index (χ1) is 8.83. The molecule has 1 aromatic heterocycles. The van der Waals surface area contributed by atoms with E-state index in [0.29, 0.717) is 5.56 Å². The molecule has 0 aliphatic rings. The third kappa shape index (κ3) is 2.52. The Bertz CT molecular complexity index is 685. The van der Waals surface area contributed by atoms with Gasteiger partial charge >= 0.3 is 0 Å². The van der Waals surface area contributed by atoms with Crippen molar-refractivity contribution in [3.05, 3.63) is 35.0 Å². The first-order valence-electron chi connectivity index (χ1n) is 5.32. The van der Waals surface area contributed by atoms with Gasteiger partial charge in [-0.25, -0.2) is 0 Å². The molecule has 0 amide bonds. The van der Waals surface area contributed by atoms with Crippen LogP contribution in [0.1, 0.15) is 5.56 Å². The minimum atomic E-state index is -3.92. The Morgan fingerprint density at radius 3 is 2.63 bits per heavy atom. The normalized spacial score (nSPS) is 11.5. The van der Waals surface area contributed by atoms with Crippen molar-refractivity contribution in [3.8, 4) is 5.75 Å². The van der Waals surface area contributed by atoms with Gasteiger partial charge in [-0.15, -0.1) is 0 Å². The smallest absolute Gasteiger partial charge is 0.280 e. The van der Waals surface area contributed by atoms with E-state index in [1.165, 1.54) is 19.3 Å². The van der Waals surface area contributed by atoms with Crippen molar-refractivity contribution in [2.45, 2.75) is 11.9 Å². The van der Waals surface area contributed by atoms with Crippen LogP contribution in [0.5, 0.6) is 5.75 Å². The molecule has 0 spiro atoms. The second-order valence-corrected chi connectivity index (χ2v) is 6.00. The lowest BCUT2D eigenvalue weighted by Gasteiger charge is -2.12. The number of para-hydroxylation sites is 1. The molecule has 0 atom stereocenters. The number of phenolic OH excluding ortho intramolecular Hbond substituents is 1. The standard InChI is InChI=1S/C11H12ClN3O3S/c1-7-4-3-5-9(16)10(7)14-19(17,18)11-8(12)6-13-15(11)2/h3-6,14,16H,1-2H3. The molecule has 0 saturated heterocycles. The summed E-state index contributed by atoms with van der Waals surface area (Å²) in [5, 5.41) is 13.3. The van der Waals surface area contributed by atoms with E-state index in [1.807, 2.05) is 0 Å². The molecule has 0 unspecified atom stereocenters. The van der Waals surface area contributed by atoms with E-state index < -0.39 is 10.0 Å². The number of halogens is 1. The molecule has 2 N–H and O–H groups in total. The molecule has 0 fully saturated rings. The molecule has 1 heterocycles. The Morgan fingerprint density at radius 1 is 1.42 bits per heavy atom. The number of aromatic hydroxyl groups is 1. The summed E-state index contributed by atoms with van der Waals surface area (Å²) in [5.41, 5.74) is 0.724. The highest BCUT2D eigenvalue weighted by molar-refractivity contribution is 7.92. The fourth-order valence-electron chi connectivity index (χ4n) is 1.67. The van der Waals surface area contributed by atoms with Crippen molar-refractivity contribution in [2.24, 2.45) is 7.05 Å². The number of benzene rings is 1. The molecule has 19 heavy (non-hydrogen) atoms. The monoisotopic (exact) mass is 301 g/mol. The molecule has 0 bridgehead atoms. The highest BCUT2D eigenvalue weighted by Gasteiger charge is 2.24.